The Bertz CT molecular complexity index is 1060. The van der Waals surface area contributed by atoms with Crippen LogP contribution in [0.4, 0.5) is 5.69 Å². The minimum Gasteiger partial charge on any atom is -0.497 e. The number of hydrogen-bond donors (Lipinski definition) is 2. The third-order valence-electron chi connectivity index (χ3n) is 4.30. The summed E-state index contributed by atoms with van der Waals surface area (Å²) in [4.78, 5) is 25.5. The van der Waals surface area contributed by atoms with E-state index in [0.29, 0.717) is 5.69 Å². The van der Waals surface area contributed by atoms with Crippen molar-refractivity contribution in [2.24, 2.45) is 7.05 Å². The number of methoxy groups -OCH3 is 1. The lowest BCUT2D eigenvalue weighted by atomic mass is 10.2. The molecular weight excluding hydrogens is 414 g/mol. The molecule has 1 atom stereocenters. The summed E-state index contributed by atoms with van der Waals surface area (Å²) in [6.07, 6.45) is 4.70. The fraction of sp³-hybridized carbons (Fsp3) is 0.182. The zero-order valence-electron chi connectivity index (χ0n) is 17.4. The van der Waals surface area contributed by atoms with Crippen LogP contribution in [-0.2, 0) is 16.6 Å². The molecule has 0 aliphatic heterocycles. The number of aromatic nitrogens is 3. The van der Waals surface area contributed by atoms with Crippen LogP contribution in [0, 0.1) is 0 Å². The van der Waals surface area contributed by atoms with Gasteiger partial charge in [0.05, 0.1) is 7.11 Å². The predicted molar refractivity (Wildman–Crippen MR) is 120 cm³/mol. The third kappa shape index (κ3) is 6.45. The van der Waals surface area contributed by atoms with Crippen LogP contribution in [0.2, 0.25) is 0 Å². The quantitative estimate of drug-likeness (QED) is 0.526. The molecule has 3 aromatic rings. The number of anilines is 1. The summed E-state index contributed by atoms with van der Waals surface area (Å²) < 4.78 is 6.93. The number of benzene rings is 2. The normalized spacial score (nSPS) is 11.8. The van der Waals surface area contributed by atoms with Gasteiger partial charge >= 0.3 is 0 Å². The second-order valence-electron chi connectivity index (χ2n) is 6.68. The molecule has 0 bridgehead atoms. The van der Waals surface area contributed by atoms with Gasteiger partial charge in [-0.2, -0.15) is 0 Å². The molecule has 0 aliphatic carbocycles. The molecule has 0 saturated carbocycles. The Morgan fingerprint density at radius 1 is 1.13 bits per heavy atom. The second-order valence-corrected chi connectivity index (χ2v) is 7.72. The topological polar surface area (TPSA) is 98.1 Å². The average molecular weight is 438 g/mol. The summed E-state index contributed by atoms with van der Waals surface area (Å²) in [5.41, 5.74) is 1.49. The average Bonchev–Trinajstić information content (AvgIpc) is 3.18. The van der Waals surface area contributed by atoms with Crippen LogP contribution in [0.3, 0.4) is 0 Å². The molecule has 8 nitrogen and oxygen atoms in total. The van der Waals surface area contributed by atoms with Crippen molar-refractivity contribution in [3.8, 4) is 5.75 Å². The number of ether oxygens (including phenoxy) is 1. The Morgan fingerprint density at radius 3 is 2.45 bits per heavy atom. The van der Waals surface area contributed by atoms with Crippen molar-refractivity contribution in [2.45, 2.75) is 23.0 Å². The number of nitrogens with zero attached hydrogens (tertiary/aromatic N) is 3. The van der Waals surface area contributed by atoms with Crippen LogP contribution in [0.15, 0.2) is 71.0 Å². The molecule has 160 valence electrons. The molecule has 2 amide bonds. The number of hydrogen-bond acceptors (Lipinski definition) is 6. The van der Waals surface area contributed by atoms with E-state index in [4.69, 9.17) is 4.74 Å². The summed E-state index contributed by atoms with van der Waals surface area (Å²) in [7, 11) is 3.47. The van der Waals surface area contributed by atoms with E-state index in [1.807, 2.05) is 48.0 Å². The van der Waals surface area contributed by atoms with Gasteiger partial charge in [0.1, 0.15) is 18.1 Å². The molecule has 2 aromatic carbocycles. The molecule has 0 spiro atoms. The Labute approximate surface area is 184 Å². The zero-order chi connectivity index (χ0) is 22.2. The number of carbonyl (C=O) groups is 2. The van der Waals surface area contributed by atoms with Gasteiger partial charge < -0.3 is 19.9 Å². The number of aryl methyl sites for hydroxylation is 1. The lowest BCUT2D eigenvalue weighted by Crippen LogP contribution is -2.40. The number of rotatable bonds is 8. The van der Waals surface area contributed by atoms with Gasteiger partial charge in [0.25, 0.3) is 0 Å². The first kappa shape index (κ1) is 22.1. The van der Waals surface area contributed by atoms with Crippen LogP contribution < -0.4 is 15.4 Å². The first-order valence-electron chi connectivity index (χ1n) is 9.50. The third-order valence-corrected chi connectivity index (χ3v) is 5.36. The highest BCUT2D eigenvalue weighted by Gasteiger charge is 2.14. The SMILES string of the molecule is COc1ccc(/C=C/C(=O)NC(C)C(=O)Nc2ccc(Sc3nncn3C)cc2)cc1. The van der Waals surface area contributed by atoms with Gasteiger partial charge in [-0.3, -0.25) is 9.59 Å². The van der Waals surface area contributed by atoms with Gasteiger partial charge in [-0.05, 0) is 66.7 Å². The maximum atomic E-state index is 12.4. The van der Waals surface area contributed by atoms with Crippen molar-refractivity contribution in [3.05, 3.63) is 66.5 Å². The Balaban J connectivity index is 1.49. The van der Waals surface area contributed by atoms with Crippen LogP contribution in [0.1, 0.15) is 12.5 Å². The van der Waals surface area contributed by atoms with Crippen LogP contribution in [0.25, 0.3) is 6.08 Å². The van der Waals surface area contributed by atoms with E-state index in [1.165, 1.54) is 17.8 Å². The lowest BCUT2D eigenvalue weighted by molar-refractivity contribution is -0.123. The van der Waals surface area contributed by atoms with Crippen molar-refractivity contribution in [3.63, 3.8) is 0 Å². The molecule has 3 rings (SSSR count). The Hall–Kier alpha value is -3.59. The molecular formula is C22H23N5O3S. The van der Waals surface area contributed by atoms with Gasteiger partial charge in [-0.1, -0.05) is 12.1 Å². The first-order valence-corrected chi connectivity index (χ1v) is 10.3. The minimum absolute atomic E-state index is 0.306. The van der Waals surface area contributed by atoms with E-state index in [1.54, 1.807) is 38.6 Å². The monoisotopic (exact) mass is 437 g/mol. The van der Waals surface area contributed by atoms with E-state index in [0.717, 1.165) is 21.4 Å². The summed E-state index contributed by atoms with van der Waals surface area (Å²) in [5.74, 6) is 0.0842. The fourth-order valence-electron chi connectivity index (χ4n) is 2.54. The second kappa shape index (κ2) is 10.4. The molecule has 0 fully saturated rings. The molecule has 2 N–H and O–H groups in total. The van der Waals surface area contributed by atoms with E-state index >= 15 is 0 Å². The number of amides is 2. The van der Waals surface area contributed by atoms with Crippen LogP contribution >= 0.6 is 11.8 Å². The van der Waals surface area contributed by atoms with Gasteiger partial charge in [0.2, 0.25) is 11.8 Å². The summed E-state index contributed by atoms with van der Waals surface area (Å²) in [6.45, 7) is 1.63. The zero-order valence-corrected chi connectivity index (χ0v) is 18.2. The summed E-state index contributed by atoms with van der Waals surface area (Å²) in [5, 5.41) is 14.1. The molecule has 0 aliphatic rings. The van der Waals surface area contributed by atoms with Crippen molar-refractivity contribution in [1.29, 1.82) is 0 Å². The highest BCUT2D eigenvalue weighted by molar-refractivity contribution is 7.99. The van der Waals surface area contributed by atoms with E-state index in [9.17, 15) is 9.59 Å². The Kier molecular flexibility index (Phi) is 7.45. The summed E-state index contributed by atoms with van der Waals surface area (Å²) >= 11 is 1.47. The molecule has 9 heteroatoms. The van der Waals surface area contributed by atoms with Gasteiger partial charge in [-0.15, -0.1) is 10.2 Å². The number of nitrogens with one attached hydrogen (secondary N) is 2. The predicted octanol–water partition coefficient (Wildman–Crippen LogP) is 3.13. The van der Waals surface area contributed by atoms with E-state index in [2.05, 4.69) is 20.8 Å². The van der Waals surface area contributed by atoms with Gasteiger partial charge in [-0.25, -0.2) is 0 Å². The smallest absolute Gasteiger partial charge is 0.246 e. The van der Waals surface area contributed by atoms with Gasteiger partial charge in [0.15, 0.2) is 5.16 Å². The molecule has 0 saturated heterocycles. The first-order chi connectivity index (χ1) is 14.9. The molecule has 1 heterocycles. The van der Waals surface area contributed by atoms with Crippen LogP contribution in [0.5, 0.6) is 5.75 Å². The molecule has 31 heavy (non-hydrogen) atoms. The highest BCUT2D eigenvalue weighted by atomic mass is 32.2. The van der Waals surface area contributed by atoms with Crippen LogP contribution in [-0.4, -0.2) is 39.7 Å². The fourth-order valence-corrected chi connectivity index (χ4v) is 3.30. The van der Waals surface area contributed by atoms with Crippen molar-refractivity contribution < 1.29 is 14.3 Å². The standard InChI is InChI=1S/C22H23N5O3S/c1-15(24-20(28)13-6-16-4-9-18(30-3)10-5-16)21(29)25-17-7-11-19(12-8-17)31-22-26-23-14-27(22)2/h4-15H,1-3H3,(H,24,28)(H,25,29)/b13-6+. The molecule has 0 radical (unpaired) electrons. The molecule has 1 aromatic heterocycles. The molecule has 1 unspecified atom stereocenters. The van der Waals surface area contributed by atoms with Crippen molar-refractivity contribution in [1.82, 2.24) is 20.1 Å². The van der Waals surface area contributed by atoms with Crippen molar-refractivity contribution in [2.75, 3.05) is 12.4 Å². The van der Waals surface area contributed by atoms with Crippen molar-refractivity contribution >= 4 is 35.3 Å². The van der Waals surface area contributed by atoms with E-state index in [-0.39, 0.29) is 11.8 Å². The lowest BCUT2D eigenvalue weighted by Gasteiger charge is -2.13. The van der Waals surface area contributed by atoms with Gasteiger partial charge in [0, 0.05) is 23.7 Å². The van der Waals surface area contributed by atoms with E-state index < -0.39 is 6.04 Å². The maximum absolute atomic E-state index is 12.4. The Morgan fingerprint density at radius 2 is 1.84 bits per heavy atom. The maximum Gasteiger partial charge on any atom is 0.246 e. The largest absolute Gasteiger partial charge is 0.497 e. The highest BCUT2D eigenvalue weighted by Crippen LogP contribution is 2.26. The summed E-state index contributed by atoms with van der Waals surface area (Å²) in [6, 6.07) is 14.0. The number of carbonyl (C=O) groups excluding carboxylic acids is 2. The minimum atomic E-state index is -0.694.